The molecular formula is C24H26ClN5O4. The minimum absolute atomic E-state index is 0.0886. The molecule has 1 aliphatic rings. The minimum Gasteiger partial charge on any atom is -0.465 e. The average Bonchev–Trinajstić information content (AvgIpc) is 3.15. The lowest BCUT2D eigenvalue weighted by Gasteiger charge is -2.35. The molecule has 0 saturated carbocycles. The number of halogens is 1. The maximum Gasteiger partial charge on any atom is 0.339 e. The van der Waals surface area contributed by atoms with Gasteiger partial charge in [0.05, 0.1) is 42.5 Å². The summed E-state index contributed by atoms with van der Waals surface area (Å²) in [5, 5.41) is 4.42. The monoisotopic (exact) mass is 483 g/mol. The number of ether oxygens (including phenoxy) is 1. The van der Waals surface area contributed by atoms with E-state index in [-0.39, 0.29) is 22.9 Å². The molecule has 3 heterocycles. The Hall–Kier alpha value is -3.43. The first-order valence-electron chi connectivity index (χ1n) is 10.9. The van der Waals surface area contributed by atoms with E-state index in [0.29, 0.717) is 60.1 Å². The summed E-state index contributed by atoms with van der Waals surface area (Å²) < 4.78 is 6.10. The zero-order valence-electron chi connectivity index (χ0n) is 19.3. The van der Waals surface area contributed by atoms with Crippen LogP contribution < -0.4 is 10.5 Å². The lowest BCUT2D eigenvalue weighted by molar-refractivity contribution is 0.0599. The van der Waals surface area contributed by atoms with Gasteiger partial charge < -0.3 is 14.6 Å². The highest BCUT2D eigenvalue weighted by atomic mass is 35.5. The van der Waals surface area contributed by atoms with E-state index >= 15 is 0 Å². The SMILES string of the molecule is COC(=O)c1c(C)[nH]c(C(=O)CN2CCN(c3cnn(-c4ccccc4)c(=O)c3Cl)CC2)c1C. The summed E-state index contributed by atoms with van der Waals surface area (Å²) in [4.78, 5) is 44.8. The van der Waals surface area contributed by atoms with Crippen LogP contribution in [0.5, 0.6) is 0 Å². The highest BCUT2D eigenvalue weighted by Crippen LogP contribution is 2.24. The van der Waals surface area contributed by atoms with Crippen LogP contribution >= 0.6 is 11.6 Å². The van der Waals surface area contributed by atoms with Crippen LogP contribution in [-0.2, 0) is 4.74 Å². The van der Waals surface area contributed by atoms with Crippen molar-refractivity contribution in [2.24, 2.45) is 0 Å². The summed E-state index contributed by atoms with van der Waals surface area (Å²) in [6, 6.07) is 9.12. The highest BCUT2D eigenvalue weighted by Gasteiger charge is 2.26. The number of nitrogens with one attached hydrogen (secondary N) is 1. The summed E-state index contributed by atoms with van der Waals surface area (Å²) in [6.07, 6.45) is 1.61. The van der Waals surface area contributed by atoms with Gasteiger partial charge in [-0.2, -0.15) is 9.78 Å². The normalized spacial score (nSPS) is 14.3. The van der Waals surface area contributed by atoms with E-state index in [0.717, 1.165) is 0 Å². The number of carbonyl (C=O) groups excluding carboxylic acids is 2. The molecule has 34 heavy (non-hydrogen) atoms. The Kier molecular flexibility index (Phi) is 6.85. The molecule has 0 spiro atoms. The number of methoxy groups -OCH3 is 1. The lowest BCUT2D eigenvalue weighted by atomic mass is 10.1. The van der Waals surface area contributed by atoms with Crippen molar-refractivity contribution in [3.05, 3.63) is 74.4 Å². The molecule has 1 aromatic carbocycles. The number of hydrogen-bond donors (Lipinski definition) is 1. The Balaban J connectivity index is 1.42. The van der Waals surface area contributed by atoms with Gasteiger partial charge in [-0.1, -0.05) is 29.8 Å². The molecule has 1 saturated heterocycles. The van der Waals surface area contributed by atoms with Crippen molar-refractivity contribution in [1.82, 2.24) is 19.7 Å². The second-order valence-electron chi connectivity index (χ2n) is 8.20. The lowest BCUT2D eigenvalue weighted by Crippen LogP contribution is -2.48. The first-order valence-corrected chi connectivity index (χ1v) is 11.3. The highest BCUT2D eigenvalue weighted by molar-refractivity contribution is 6.33. The Morgan fingerprint density at radius 3 is 2.44 bits per heavy atom. The van der Waals surface area contributed by atoms with Crippen LogP contribution in [0.1, 0.15) is 32.1 Å². The van der Waals surface area contributed by atoms with Gasteiger partial charge in [-0.25, -0.2) is 4.79 Å². The number of carbonyl (C=O) groups is 2. The minimum atomic E-state index is -0.460. The molecule has 0 atom stereocenters. The number of aromatic amines is 1. The van der Waals surface area contributed by atoms with Crippen molar-refractivity contribution < 1.29 is 14.3 Å². The van der Waals surface area contributed by atoms with Crippen LogP contribution in [0, 0.1) is 13.8 Å². The van der Waals surface area contributed by atoms with Gasteiger partial charge in [0.2, 0.25) is 0 Å². The molecule has 0 aliphatic carbocycles. The van der Waals surface area contributed by atoms with Gasteiger partial charge in [0.15, 0.2) is 5.78 Å². The van der Waals surface area contributed by atoms with Crippen molar-refractivity contribution in [3.63, 3.8) is 0 Å². The molecular weight excluding hydrogens is 458 g/mol. The van der Waals surface area contributed by atoms with Crippen molar-refractivity contribution in [3.8, 4) is 5.69 Å². The summed E-state index contributed by atoms with van der Waals surface area (Å²) in [7, 11) is 1.32. The number of H-pyrrole nitrogens is 1. The van der Waals surface area contributed by atoms with E-state index < -0.39 is 5.97 Å². The zero-order chi connectivity index (χ0) is 24.4. The molecule has 0 amide bonds. The van der Waals surface area contributed by atoms with Gasteiger partial charge in [0.1, 0.15) is 5.02 Å². The second-order valence-corrected chi connectivity index (χ2v) is 8.58. The second kappa shape index (κ2) is 9.82. The van der Waals surface area contributed by atoms with Crippen LogP contribution in [0.25, 0.3) is 5.69 Å². The van der Waals surface area contributed by atoms with Crippen molar-refractivity contribution in [2.75, 3.05) is 44.7 Å². The maximum atomic E-state index is 12.9. The largest absolute Gasteiger partial charge is 0.465 e. The fourth-order valence-electron chi connectivity index (χ4n) is 4.26. The molecule has 4 rings (SSSR count). The van der Waals surface area contributed by atoms with Crippen LogP contribution in [-0.4, -0.2) is 71.3 Å². The number of aryl methyl sites for hydroxylation is 1. The zero-order valence-corrected chi connectivity index (χ0v) is 20.1. The van der Waals surface area contributed by atoms with E-state index in [1.165, 1.54) is 11.8 Å². The first-order chi connectivity index (χ1) is 16.3. The first kappa shape index (κ1) is 23.7. The van der Waals surface area contributed by atoms with Crippen molar-refractivity contribution >= 4 is 29.0 Å². The molecule has 9 nitrogen and oxygen atoms in total. The van der Waals surface area contributed by atoms with E-state index in [2.05, 4.69) is 10.1 Å². The third-order valence-electron chi connectivity index (χ3n) is 6.09. The summed E-state index contributed by atoms with van der Waals surface area (Å²) >= 11 is 6.43. The number of esters is 1. The van der Waals surface area contributed by atoms with Crippen LogP contribution in [0.2, 0.25) is 5.02 Å². The number of ketones is 1. The van der Waals surface area contributed by atoms with Crippen LogP contribution in [0.4, 0.5) is 5.69 Å². The summed E-state index contributed by atoms with van der Waals surface area (Å²) in [5.74, 6) is -0.548. The number of Topliss-reactive ketones (excluding diaryl/α,β-unsaturated/α-hetero) is 1. The fraction of sp³-hybridized carbons (Fsp3) is 0.333. The maximum absolute atomic E-state index is 12.9. The molecule has 0 unspecified atom stereocenters. The van der Waals surface area contributed by atoms with E-state index in [9.17, 15) is 14.4 Å². The number of piperazine rings is 1. The predicted molar refractivity (Wildman–Crippen MR) is 129 cm³/mol. The van der Waals surface area contributed by atoms with Crippen molar-refractivity contribution in [2.45, 2.75) is 13.8 Å². The van der Waals surface area contributed by atoms with Crippen molar-refractivity contribution in [1.29, 1.82) is 0 Å². The van der Waals surface area contributed by atoms with Gasteiger partial charge >= 0.3 is 5.97 Å². The molecule has 10 heteroatoms. The van der Waals surface area contributed by atoms with Crippen LogP contribution in [0.15, 0.2) is 41.3 Å². The molecule has 3 aromatic rings. The number of rotatable bonds is 6. The average molecular weight is 484 g/mol. The van der Waals surface area contributed by atoms with Gasteiger partial charge in [-0.15, -0.1) is 0 Å². The van der Waals surface area contributed by atoms with Gasteiger partial charge in [-0.3, -0.25) is 14.5 Å². The Morgan fingerprint density at radius 1 is 1.12 bits per heavy atom. The van der Waals surface area contributed by atoms with Gasteiger partial charge in [0.25, 0.3) is 5.56 Å². The number of anilines is 1. The smallest absolute Gasteiger partial charge is 0.339 e. The summed E-state index contributed by atoms with van der Waals surface area (Å²) in [5.41, 5.74) is 2.91. The Bertz CT molecular complexity index is 1280. The summed E-state index contributed by atoms with van der Waals surface area (Å²) in [6.45, 7) is 6.14. The van der Waals surface area contributed by atoms with Gasteiger partial charge in [0, 0.05) is 31.9 Å². The number of para-hydroxylation sites is 1. The molecule has 1 N–H and O–H groups in total. The molecule has 0 bridgehead atoms. The third-order valence-corrected chi connectivity index (χ3v) is 6.44. The molecule has 1 fully saturated rings. The Morgan fingerprint density at radius 2 is 1.79 bits per heavy atom. The fourth-order valence-corrected chi connectivity index (χ4v) is 4.51. The standard InChI is InChI=1S/C24H26ClN5O4/c1-15-20(24(33)34-3)16(2)27-22(15)19(31)14-28-9-11-29(12-10-28)18-13-26-30(23(32)21(18)25)17-7-5-4-6-8-17/h4-8,13,27H,9-12,14H2,1-3H3. The molecule has 2 aromatic heterocycles. The predicted octanol–water partition coefficient (Wildman–Crippen LogP) is 2.62. The third kappa shape index (κ3) is 4.49. The number of hydrogen-bond acceptors (Lipinski definition) is 7. The number of nitrogens with zero attached hydrogens (tertiary/aromatic N) is 4. The Labute approximate surface area is 201 Å². The topological polar surface area (TPSA) is 101 Å². The molecule has 0 radical (unpaired) electrons. The van der Waals surface area contributed by atoms with E-state index in [1.807, 2.05) is 28.0 Å². The number of aromatic nitrogens is 3. The number of benzene rings is 1. The van der Waals surface area contributed by atoms with Crippen LogP contribution in [0.3, 0.4) is 0 Å². The van der Waals surface area contributed by atoms with Gasteiger partial charge in [-0.05, 0) is 31.5 Å². The molecule has 178 valence electrons. The molecule has 1 aliphatic heterocycles. The quantitative estimate of drug-likeness (QED) is 0.425. The van der Waals surface area contributed by atoms with E-state index in [1.54, 1.807) is 32.2 Å². The van der Waals surface area contributed by atoms with E-state index in [4.69, 9.17) is 16.3 Å².